The van der Waals surface area contributed by atoms with E-state index in [1.807, 2.05) is 49.4 Å². The predicted molar refractivity (Wildman–Crippen MR) is 110 cm³/mol. The lowest BCUT2D eigenvalue weighted by Gasteiger charge is -2.09. The molecule has 0 radical (unpaired) electrons. The van der Waals surface area contributed by atoms with Gasteiger partial charge in [-0.05, 0) is 67.6 Å². The number of anilines is 1. The molecule has 29 heavy (non-hydrogen) atoms. The van der Waals surface area contributed by atoms with Crippen molar-refractivity contribution in [2.75, 3.05) is 5.32 Å². The van der Waals surface area contributed by atoms with E-state index in [0.717, 1.165) is 30.6 Å². The van der Waals surface area contributed by atoms with Gasteiger partial charge in [0, 0.05) is 29.7 Å². The van der Waals surface area contributed by atoms with E-state index in [1.165, 1.54) is 11.1 Å². The first-order chi connectivity index (χ1) is 14.2. The third-order valence-electron chi connectivity index (χ3n) is 5.25. The summed E-state index contributed by atoms with van der Waals surface area (Å²) < 4.78 is 5.34. The van der Waals surface area contributed by atoms with Crippen molar-refractivity contribution in [1.82, 2.24) is 15.1 Å². The topological polar surface area (TPSA) is 80.9 Å². The molecular weight excluding hydrogens is 364 g/mol. The van der Waals surface area contributed by atoms with Gasteiger partial charge in [-0.1, -0.05) is 17.3 Å². The van der Waals surface area contributed by atoms with Crippen LogP contribution in [0.2, 0.25) is 0 Å². The molecule has 4 aromatic rings. The number of aromatic nitrogens is 3. The third-order valence-corrected chi connectivity index (χ3v) is 5.25. The zero-order valence-corrected chi connectivity index (χ0v) is 16.1. The molecule has 5 rings (SSSR count). The zero-order chi connectivity index (χ0) is 19.8. The summed E-state index contributed by atoms with van der Waals surface area (Å²) in [6.45, 7) is 1.83. The number of hydrogen-bond acceptors (Lipinski definition) is 5. The molecule has 0 unspecified atom stereocenters. The highest BCUT2D eigenvalue weighted by molar-refractivity contribution is 6.12. The van der Waals surface area contributed by atoms with Crippen molar-refractivity contribution in [3.8, 4) is 0 Å². The van der Waals surface area contributed by atoms with Gasteiger partial charge in [0.2, 0.25) is 0 Å². The Morgan fingerprint density at radius 1 is 1.10 bits per heavy atom. The highest BCUT2D eigenvalue weighted by atomic mass is 16.5. The average Bonchev–Trinajstić information content (AvgIpc) is 3.53. The lowest BCUT2D eigenvalue weighted by atomic mass is 10.1. The van der Waals surface area contributed by atoms with E-state index in [2.05, 4.69) is 20.4 Å². The summed E-state index contributed by atoms with van der Waals surface area (Å²) in [6.07, 6.45) is 6.62. The summed E-state index contributed by atoms with van der Waals surface area (Å²) >= 11 is 0. The Hall–Kier alpha value is -3.54. The fourth-order valence-corrected chi connectivity index (χ4v) is 3.52. The SMILES string of the molecule is Cc1noc2nc(C3CC3)cc(C(=O)Nc3ccc(Cc4ccncc4)cc3)c12. The monoisotopic (exact) mass is 384 g/mol. The number of pyridine rings is 2. The van der Waals surface area contributed by atoms with Crippen LogP contribution in [0, 0.1) is 6.92 Å². The van der Waals surface area contributed by atoms with Crippen LogP contribution in [0.5, 0.6) is 0 Å². The number of carbonyl (C=O) groups excluding carboxylic acids is 1. The Bertz CT molecular complexity index is 1180. The standard InChI is InChI=1S/C23H20N4O2/c1-14-21-19(13-20(17-4-5-17)26-23(21)29-27-14)22(28)25-18-6-2-15(3-7-18)12-16-8-10-24-11-9-16/h2-3,6-11,13,17H,4-5,12H2,1H3,(H,25,28). The number of fused-ring (bicyclic) bond motifs is 1. The van der Waals surface area contributed by atoms with Crippen LogP contribution in [-0.4, -0.2) is 21.0 Å². The molecule has 1 amide bonds. The number of carbonyl (C=O) groups is 1. The molecule has 3 aromatic heterocycles. The summed E-state index contributed by atoms with van der Waals surface area (Å²) in [7, 11) is 0. The molecule has 1 aromatic carbocycles. The van der Waals surface area contributed by atoms with E-state index >= 15 is 0 Å². The van der Waals surface area contributed by atoms with Gasteiger partial charge in [-0.15, -0.1) is 0 Å². The van der Waals surface area contributed by atoms with Crippen molar-refractivity contribution in [2.45, 2.75) is 32.1 Å². The molecule has 0 aliphatic heterocycles. The normalized spacial score (nSPS) is 13.6. The molecule has 144 valence electrons. The Morgan fingerprint density at radius 3 is 2.55 bits per heavy atom. The number of hydrogen-bond donors (Lipinski definition) is 1. The molecule has 1 aliphatic rings. The molecule has 0 atom stereocenters. The molecular formula is C23H20N4O2. The van der Waals surface area contributed by atoms with Crippen LogP contribution in [0.4, 0.5) is 5.69 Å². The van der Waals surface area contributed by atoms with Gasteiger partial charge in [-0.3, -0.25) is 9.78 Å². The maximum absolute atomic E-state index is 13.0. The van der Waals surface area contributed by atoms with Crippen LogP contribution in [0.1, 0.15) is 51.6 Å². The predicted octanol–water partition coefficient (Wildman–Crippen LogP) is 4.65. The summed E-state index contributed by atoms with van der Waals surface area (Å²) in [5.74, 6) is 0.247. The van der Waals surface area contributed by atoms with Gasteiger partial charge in [0.15, 0.2) is 0 Å². The molecule has 6 heteroatoms. The van der Waals surface area contributed by atoms with E-state index in [9.17, 15) is 4.79 Å². The van der Waals surface area contributed by atoms with Crippen molar-refractivity contribution >= 4 is 22.7 Å². The number of nitrogens with zero attached hydrogens (tertiary/aromatic N) is 3. The minimum absolute atomic E-state index is 0.174. The van der Waals surface area contributed by atoms with E-state index < -0.39 is 0 Å². The molecule has 0 spiro atoms. The fraction of sp³-hybridized carbons (Fsp3) is 0.217. The largest absolute Gasteiger partial charge is 0.336 e. The minimum Gasteiger partial charge on any atom is -0.336 e. The van der Waals surface area contributed by atoms with Crippen LogP contribution in [0.25, 0.3) is 11.1 Å². The molecule has 1 aliphatic carbocycles. The number of amides is 1. The maximum Gasteiger partial charge on any atom is 0.259 e. The van der Waals surface area contributed by atoms with Crippen molar-refractivity contribution < 1.29 is 9.32 Å². The highest BCUT2D eigenvalue weighted by Crippen LogP contribution is 2.40. The Morgan fingerprint density at radius 2 is 1.83 bits per heavy atom. The van der Waals surface area contributed by atoms with Crippen molar-refractivity contribution in [3.05, 3.63) is 82.9 Å². The van der Waals surface area contributed by atoms with Gasteiger partial charge in [0.1, 0.15) is 0 Å². The zero-order valence-electron chi connectivity index (χ0n) is 16.1. The van der Waals surface area contributed by atoms with E-state index in [4.69, 9.17) is 4.52 Å². The molecule has 0 saturated heterocycles. The first kappa shape index (κ1) is 17.6. The number of nitrogens with one attached hydrogen (secondary N) is 1. The summed E-state index contributed by atoms with van der Waals surface area (Å²) in [5, 5.41) is 7.68. The summed E-state index contributed by atoms with van der Waals surface area (Å²) in [6, 6.07) is 13.8. The quantitative estimate of drug-likeness (QED) is 0.542. The van der Waals surface area contributed by atoms with Gasteiger partial charge in [-0.2, -0.15) is 0 Å². The van der Waals surface area contributed by atoms with Gasteiger partial charge in [0.05, 0.1) is 16.6 Å². The second kappa shape index (κ2) is 7.13. The first-order valence-electron chi connectivity index (χ1n) is 9.73. The van der Waals surface area contributed by atoms with Gasteiger partial charge >= 0.3 is 0 Å². The van der Waals surface area contributed by atoms with E-state index in [1.54, 1.807) is 12.4 Å². The number of rotatable bonds is 5. The molecule has 1 N–H and O–H groups in total. The van der Waals surface area contributed by atoms with Crippen molar-refractivity contribution in [1.29, 1.82) is 0 Å². The number of benzene rings is 1. The molecule has 1 fully saturated rings. The fourth-order valence-electron chi connectivity index (χ4n) is 3.52. The van der Waals surface area contributed by atoms with Gasteiger partial charge < -0.3 is 9.84 Å². The highest BCUT2D eigenvalue weighted by Gasteiger charge is 2.28. The van der Waals surface area contributed by atoms with Crippen molar-refractivity contribution in [3.63, 3.8) is 0 Å². The molecule has 3 heterocycles. The molecule has 1 saturated carbocycles. The van der Waals surface area contributed by atoms with Crippen molar-refractivity contribution in [2.24, 2.45) is 0 Å². The van der Waals surface area contributed by atoms with Crippen LogP contribution in [0.15, 0.2) is 59.4 Å². The first-order valence-corrected chi connectivity index (χ1v) is 9.73. The minimum atomic E-state index is -0.174. The average molecular weight is 384 g/mol. The Kier molecular flexibility index (Phi) is 4.31. The summed E-state index contributed by atoms with van der Waals surface area (Å²) in [4.78, 5) is 21.6. The second-order valence-corrected chi connectivity index (χ2v) is 7.50. The Labute approximate surface area is 168 Å². The lowest BCUT2D eigenvalue weighted by molar-refractivity contribution is 0.102. The molecule has 6 nitrogen and oxygen atoms in total. The third kappa shape index (κ3) is 3.61. The van der Waals surface area contributed by atoms with Crippen LogP contribution < -0.4 is 5.32 Å². The Balaban J connectivity index is 1.38. The number of aryl methyl sites for hydroxylation is 1. The van der Waals surface area contributed by atoms with Crippen LogP contribution in [-0.2, 0) is 6.42 Å². The summed E-state index contributed by atoms with van der Waals surface area (Å²) in [5.41, 5.74) is 5.71. The van der Waals surface area contributed by atoms with Crippen LogP contribution >= 0.6 is 0 Å². The van der Waals surface area contributed by atoms with Crippen LogP contribution in [0.3, 0.4) is 0 Å². The maximum atomic E-state index is 13.0. The molecule has 0 bridgehead atoms. The second-order valence-electron chi connectivity index (χ2n) is 7.50. The lowest BCUT2D eigenvalue weighted by Crippen LogP contribution is -2.13. The van der Waals surface area contributed by atoms with E-state index in [-0.39, 0.29) is 5.91 Å². The smallest absolute Gasteiger partial charge is 0.259 e. The van der Waals surface area contributed by atoms with Gasteiger partial charge in [0.25, 0.3) is 11.6 Å². The van der Waals surface area contributed by atoms with Gasteiger partial charge in [-0.25, -0.2) is 4.98 Å². The van der Waals surface area contributed by atoms with E-state index in [0.29, 0.717) is 28.3 Å².